The molecule has 1 aliphatic rings. The lowest BCUT2D eigenvalue weighted by molar-refractivity contribution is -0.146. The van der Waals surface area contributed by atoms with Crippen LogP contribution in [0.2, 0.25) is 0 Å². The molecule has 8 heteroatoms. The molecular weight excluding hydrogens is 260 g/mol. The molecule has 0 bridgehead atoms. The summed E-state index contributed by atoms with van der Waals surface area (Å²) in [6, 6.07) is 0. The summed E-state index contributed by atoms with van der Waals surface area (Å²) in [6.07, 6.45) is 1.32. The highest BCUT2D eigenvalue weighted by molar-refractivity contribution is 7.87. The zero-order valence-electron chi connectivity index (χ0n) is 10.7. The Morgan fingerprint density at radius 1 is 1.44 bits per heavy atom. The number of rotatable bonds is 6. The second-order valence-electron chi connectivity index (χ2n) is 4.11. The first-order valence-corrected chi connectivity index (χ1v) is 7.26. The number of carbonyl (C=O) groups excluding carboxylic acids is 1. The maximum absolute atomic E-state index is 11.9. The number of nitrogens with one attached hydrogen (secondary N) is 1. The molecule has 1 fully saturated rings. The lowest BCUT2D eigenvalue weighted by Gasteiger charge is -2.30. The molecule has 1 unspecified atom stereocenters. The predicted octanol–water partition coefficient (Wildman–Crippen LogP) is -0.648. The molecule has 0 aliphatic carbocycles. The molecule has 1 atom stereocenters. The molecule has 1 saturated heterocycles. The van der Waals surface area contributed by atoms with Crippen LogP contribution >= 0.6 is 0 Å². The van der Waals surface area contributed by atoms with Crippen molar-refractivity contribution in [2.75, 3.05) is 40.5 Å². The molecule has 1 N–H and O–H groups in total. The lowest BCUT2D eigenvalue weighted by atomic mass is 10.0. The number of hydrogen-bond donors (Lipinski definition) is 1. The fourth-order valence-corrected chi connectivity index (χ4v) is 3.15. The zero-order chi connectivity index (χ0) is 13.6. The van der Waals surface area contributed by atoms with Crippen LogP contribution < -0.4 is 4.72 Å². The molecule has 0 saturated carbocycles. The maximum atomic E-state index is 11.9. The third-order valence-corrected chi connectivity index (χ3v) is 4.43. The van der Waals surface area contributed by atoms with Crippen molar-refractivity contribution >= 4 is 16.2 Å². The minimum Gasteiger partial charge on any atom is -0.469 e. The van der Waals surface area contributed by atoms with Gasteiger partial charge in [-0.25, -0.2) is 0 Å². The second kappa shape index (κ2) is 7.03. The van der Waals surface area contributed by atoms with E-state index in [4.69, 9.17) is 4.74 Å². The quantitative estimate of drug-likeness (QED) is 0.516. The van der Waals surface area contributed by atoms with Crippen LogP contribution in [0.3, 0.4) is 0 Å². The predicted molar refractivity (Wildman–Crippen MR) is 65.1 cm³/mol. The average Bonchev–Trinajstić information content (AvgIpc) is 2.38. The van der Waals surface area contributed by atoms with Gasteiger partial charge in [-0.1, -0.05) is 0 Å². The van der Waals surface area contributed by atoms with Crippen LogP contribution in [-0.4, -0.2) is 59.2 Å². The van der Waals surface area contributed by atoms with Crippen molar-refractivity contribution in [3.63, 3.8) is 0 Å². The van der Waals surface area contributed by atoms with Gasteiger partial charge in [0.2, 0.25) is 0 Å². The number of esters is 1. The van der Waals surface area contributed by atoms with Crippen molar-refractivity contribution in [2.24, 2.45) is 5.92 Å². The van der Waals surface area contributed by atoms with Crippen LogP contribution in [0.15, 0.2) is 0 Å². The third-order valence-electron chi connectivity index (χ3n) is 2.85. The van der Waals surface area contributed by atoms with E-state index in [0.29, 0.717) is 26.0 Å². The van der Waals surface area contributed by atoms with Crippen LogP contribution in [0.4, 0.5) is 0 Å². The summed E-state index contributed by atoms with van der Waals surface area (Å²) >= 11 is 0. The van der Waals surface area contributed by atoms with E-state index < -0.39 is 10.2 Å². The van der Waals surface area contributed by atoms with Gasteiger partial charge < -0.3 is 9.47 Å². The monoisotopic (exact) mass is 280 g/mol. The SMILES string of the molecule is COCCNS(=O)(=O)N1CCCC(C(=O)OC)C1. The van der Waals surface area contributed by atoms with E-state index in [1.807, 2.05) is 0 Å². The molecule has 0 radical (unpaired) electrons. The Morgan fingerprint density at radius 3 is 2.78 bits per heavy atom. The van der Waals surface area contributed by atoms with Crippen LogP contribution in [0.1, 0.15) is 12.8 Å². The van der Waals surface area contributed by atoms with Gasteiger partial charge in [0.25, 0.3) is 10.2 Å². The summed E-state index contributed by atoms with van der Waals surface area (Å²) in [6.45, 7) is 1.14. The summed E-state index contributed by atoms with van der Waals surface area (Å²) in [5.74, 6) is -0.727. The molecular formula is C10H20N2O5S. The first-order valence-electron chi connectivity index (χ1n) is 5.82. The zero-order valence-corrected chi connectivity index (χ0v) is 11.5. The van der Waals surface area contributed by atoms with Gasteiger partial charge in [-0.3, -0.25) is 4.79 Å². The summed E-state index contributed by atoms with van der Waals surface area (Å²) in [7, 11) is -0.720. The van der Waals surface area contributed by atoms with Gasteiger partial charge in [0, 0.05) is 26.7 Å². The van der Waals surface area contributed by atoms with Crippen molar-refractivity contribution in [1.29, 1.82) is 0 Å². The van der Waals surface area contributed by atoms with E-state index in [9.17, 15) is 13.2 Å². The van der Waals surface area contributed by atoms with Gasteiger partial charge in [0.1, 0.15) is 0 Å². The van der Waals surface area contributed by atoms with E-state index in [0.717, 1.165) is 0 Å². The maximum Gasteiger partial charge on any atom is 0.309 e. The Morgan fingerprint density at radius 2 is 2.17 bits per heavy atom. The van der Waals surface area contributed by atoms with Crippen molar-refractivity contribution in [3.8, 4) is 0 Å². The fourth-order valence-electron chi connectivity index (χ4n) is 1.88. The molecule has 0 spiro atoms. The molecule has 7 nitrogen and oxygen atoms in total. The number of piperidine rings is 1. The smallest absolute Gasteiger partial charge is 0.309 e. The number of carbonyl (C=O) groups is 1. The standard InChI is InChI=1S/C10H20N2O5S/c1-16-7-5-11-18(14,15)12-6-3-4-9(8-12)10(13)17-2/h9,11H,3-8H2,1-2H3. The summed E-state index contributed by atoms with van der Waals surface area (Å²) in [5.41, 5.74) is 0. The highest BCUT2D eigenvalue weighted by Gasteiger charge is 2.32. The molecule has 0 aromatic carbocycles. The summed E-state index contributed by atoms with van der Waals surface area (Å²) in [5, 5.41) is 0. The van der Waals surface area contributed by atoms with Crippen LogP contribution in [-0.2, 0) is 24.5 Å². The first-order chi connectivity index (χ1) is 8.51. The largest absolute Gasteiger partial charge is 0.469 e. The number of nitrogens with zero attached hydrogens (tertiary/aromatic N) is 1. The topological polar surface area (TPSA) is 84.9 Å². The highest BCUT2D eigenvalue weighted by Crippen LogP contribution is 2.19. The van der Waals surface area contributed by atoms with Gasteiger partial charge in [0.05, 0.1) is 19.6 Å². The fraction of sp³-hybridized carbons (Fsp3) is 0.900. The summed E-state index contributed by atoms with van der Waals surface area (Å²) in [4.78, 5) is 11.4. The number of hydrogen-bond acceptors (Lipinski definition) is 5. The van der Waals surface area contributed by atoms with Gasteiger partial charge in [-0.15, -0.1) is 0 Å². The van der Waals surface area contributed by atoms with E-state index in [2.05, 4.69) is 9.46 Å². The van der Waals surface area contributed by atoms with Crippen molar-refractivity contribution in [1.82, 2.24) is 9.03 Å². The number of methoxy groups -OCH3 is 2. The van der Waals surface area contributed by atoms with Crippen molar-refractivity contribution in [2.45, 2.75) is 12.8 Å². The summed E-state index contributed by atoms with van der Waals surface area (Å²) < 4.78 is 37.0. The van der Waals surface area contributed by atoms with E-state index >= 15 is 0 Å². The van der Waals surface area contributed by atoms with Gasteiger partial charge >= 0.3 is 5.97 Å². The average molecular weight is 280 g/mol. The first kappa shape index (κ1) is 15.4. The number of ether oxygens (including phenoxy) is 2. The van der Waals surface area contributed by atoms with Crippen LogP contribution in [0, 0.1) is 5.92 Å². The molecule has 1 heterocycles. The lowest BCUT2D eigenvalue weighted by Crippen LogP contribution is -2.48. The minimum absolute atomic E-state index is 0.176. The van der Waals surface area contributed by atoms with Crippen LogP contribution in [0.5, 0.6) is 0 Å². The Balaban J connectivity index is 2.57. The molecule has 0 aromatic heterocycles. The Kier molecular flexibility index (Phi) is 6.00. The highest BCUT2D eigenvalue weighted by atomic mass is 32.2. The second-order valence-corrected chi connectivity index (χ2v) is 5.87. The Bertz CT molecular complexity index is 370. The van der Waals surface area contributed by atoms with E-state index in [-0.39, 0.29) is 25.0 Å². The van der Waals surface area contributed by atoms with Gasteiger partial charge in [0.15, 0.2) is 0 Å². The van der Waals surface area contributed by atoms with E-state index in [1.54, 1.807) is 0 Å². The minimum atomic E-state index is -3.53. The Labute approximate surface area is 108 Å². The van der Waals surface area contributed by atoms with E-state index in [1.165, 1.54) is 18.5 Å². The molecule has 0 amide bonds. The molecule has 0 aromatic rings. The molecule has 1 aliphatic heterocycles. The van der Waals surface area contributed by atoms with Crippen molar-refractivity contribution < 1.29 is 22.7 Å². The third kappa shape index (κ3) is 4.20. The normalized spacial score (nSPS) is 21.8. The van der Waals surface area contributed by atoms with Crippen LogP contribution in [0.25, 0.3) is 0 Å². The van der Waals surface area contributed by atoms with Gasteiger partial charge in [-0.2, -0.15) is 17.4 Å². The Hall–Kier alpha value is -0.700. The van der Waals surface area contributed by atoms with Crippen molar-refractivity contribution in [3.05, 3.63) is 0 Å². The molecule has 106 valence electrons. The molecule has 18 heavy (non-hydrogen) atoms. The molecule has 1 rings (SSSR count). The van der Waals surface area contributed by atoms with Gasteiger partial charge in [-0.05, 0) is 12.8 Å².